The molecule has 1 amide bonds. The highest BCUT2D eigenvalue weighted by Gasteiger charge is 2.58. The van der Waals surface area contributed by atoms with Crippen molar-refractivity contribution in [1.82, 2.24) is 15.1 Å². The molecule has 0 aromatic heterocycles. The summed E-state index contributed by atoms with van der Waals surface area (Å²) in [5, 5.41) is 52.0. The molecule has 0 aromatic carbocycles. The molecule has 1 aliphatic heterocycles. The number of carbonyl (C=O) groups is 2. The summed E-state index contributed by atoms with van der Waals surface area (Å²) in [6.07, 6.45) is 34.5. The summed E-state index contributed by atoms with van der Waals surface area (Å²) in [5.74, 6) is 9.46. The van der Waals surface area contributed by atoms with Crippen molar-refractivity contribution >= 4 is 11.7 Å². The van der Waals surface area contributed by atoms with Crippen molar-refractivity contribution in [1.29, 1.82) is 0 Å². The van der Waals surface area contributed by atoms with Crippen molar-refractivity contribution in [3.63, 3.8) is 0 Å². The van der Waals surface area contributed by atoms with Crippen LogP contribution >= 0.6 is 0 Å². The third kappa shape index (κ3) is 9.28. The molecular formula is C61H97N3O6. The van der Waals surface area contributed by atoms with Crippen molar-refractivity contribution in [2.75, 3.05) is 39.3 Å². The summed E-state index contributed by atoms with van der Waals surface area (Å²) >= 11 is 0. The van der Waals surface area contributed by atoms with Crippen LogP contribution in [0.5, 0.6) is 0 Å². The Hall–Kier alpha value is -1.10. The van der Waals surface area contributed by atoms with Gasteiger partial charge in [-0.2, -0.15) is 0 Å². The largest absolute Gasteiger partial charge is 0.391 e. The Balaban J connectivity index is 0.600. The number of aliphatic hydroxyl groups is 4. The molecule has 17 aliphatic rings. The Morgan fingerprint density at radius 3 is 0.929 bits per heavy atom. The minimum absolute atomic E-state index is 0.0370. The number of nitrogens with one attached hydrogen (secondary N) is 1. The highest BCUT2D eigenvalue weighted by molar-refractivity contribution is 5.96. The fourth-order valence-electron chi connectivity index (χ4n) is 23.3. The zero-order chi connectivity index (χ0) is 47.6. The van der Waals surface area contributed by atoms with E-state index >= 15 is 0 Å². The van der Waals surface area contributed by atoms with Gasteiger partial charge in [-0.1, -0.05) is 6.42 Å². The van der Waals surface area contributed by atoms with Crippen LogP contribution in [0.3, 0.4) is 0 Å². The van der Waals surface area contributed by atoms with Gasteiger partial charge in [0.15, 0.2) is 5.78 Å². The second kappa shape index (κ2) is 18.9. The van der Waals surface area contributed by atoms with E-state index in [-0.39, 0.29) is 63.7 Å². The highest BCUT2D eigenvalue weighted by atomic mass is 16.3. The van der Waals surface area contributed by atoms with E-state index in [4.69, 9.17) is 0 Å². The van der Waals surface area contributed by atoms with Gasteiger partial charge in [-0.25, -0.2) is 0 Å². The summed E-state index contributed by atoms with van der Waals surface area (Å²) in [6.45, 7) is 4.26. The predicted octanol–water partition coefficient (Wildman–Crippen LogP) is 9.31. The number of hydrogen-bond donors (Lipinski definition) is 5. The van der Waals surface area contributed by atoms with Gasteiger partial charge in [0.05, 0.1) is 30.5 Å². The Morgan fingerprint density at radius 1 is 0.400 bits per heavy atom. The average Bonchev–Trinajstić information content (AvgIpc) is 3.28. The monoisotopic (exact) mass is 968 g/mol. The molecular weight excluding hydrogens is 871 g/mol. The molecule has 0 aromatic rings. The second-order valence-electron chi connectivity index (χ2n) is 30.1. The van der Waals surface area contributed by atoms with E-state index in [2.05, 4.69) is 15.1 Å². The van der Waals surface area contributed by atoms with E-state index in [9.17, 15) is 30.0 Å². The smallest absolute Gasteiger partial charge is 0.224 e. The van der Waals surface area contributed by atoms with Crippen LogP contribution < -0.4 is 5.32 Å². The number of unbranched alkanes of at least 4 members (excludes halogenated alkanes) is 2. The Labute approximate surface area is 422 Å². The molecule has 1 heterocycles. The summed E-state index contributed by atoms with van der Waals surface area (Å²) in [4.78, 5) is 32.3. The SMILES string of the molecule is O=C1NC(CCCCN(CC(O)C23CC4CC(CC(C4)C2)C3)CC(O)C23CC4CC(CC(C4)C2)C3)C(=O)CC1CCCCN(CC(O)C12CC3CC(CC(C3)C1)C2)CC(O)C12CC3CC(CC(C3)C1)C2. The van der Waals surface area contributed by atoms with Crippen molar-refractivity contribution < 1.29 is 30.0 Å². The van der Waals surface area contributed by atoms with E-state index in [1.54, 1.807) is 0 Å². The first-order chi connectivity index (χ1) is 33.8. The number of ketones is 1. The lowest BCUT2D eigenvalue weighted by Crippen LogP contribution is -2.57. The fourth-order valence-corrected chi connectivity index (χ4v) is 23.3. The molecule has 392 valence electrons. The van der Waals surface area contributed by atoms with Crippen LogP contribution in [-0.4, -0.2) is 112 Å². The Bertz CT molecular complexity index is 1540. The van der Waals surface area contributed by atoms with Gasteiger partial charge < -0.3 is 25.7 Å². The lowest BCUT2D eigenvalue weighted by molar-refractivity contribution is -0.142. The molecule has 70 heavy (non-hydrogen) atoms. The zero-order valence-corrected chi connectivity index (χ0v) is 43.6. The standard InChI is InChI=1S/C61H97N3O6/c65-52-21-50(5-1-3-7-63(34-53(66)58-22-38-9-39(23-58)11-40(10-38)24-58)35-54(67)59-25-41-12-42(26-59)14-43(13-41)27-59)57(70)62-51(52)6-2-4-8-64(36-55(68)60-28-44-15-45(29-60)17-46(16-44)30-60)37-56(69)61-31-47-18-48(32-61)20-49(19-47)33-61/h38-51,53-56,66-69H,1-37H2,(H,62,70). The van der Waals surface area contributed by atoms with E-state index in [1.807, 2.05) is 0 Å². The van der Waals surface area contributed by atoms with Crippen molar-refractivity contribution in [2.45, 2.75) is 230 Å². The minimum atomic E-state index is -0.417. The van der Waals surface area contributed by atoms with E-state index in [1.165, 1.54) is 154 Å². The summed E-state index contributed by atoms with van der Waals surface area (Å²) in [5.41, 5.74) is 0.225. The van der Waals surface area contributed by atoms with Crippen LogP contribution in [0.4, 0.5) is 0 Å². The molecule has 16 saturated carbocycles. The van der Waals surface area contributed by atoms with Gasteiger partial charge in [0.1, 0.15) is 0 Å². The van der Waals surface area contributed by atoms with Gasteiger partial charge >= 0.3 is 0 Å². The molecule has 9 nitrogen and oxygen atoms in total. The Morgan fingerprint density at radius 2 is 0.657 bits per heavy atom. The number of rotatable bonds is 22. The molecule has 5 N–H and O–H groups in total. The van der Waals surface area contributed by atoms with Crippen molar-refractivity contribution in [3.05, 3.63) is 0 Å². The maximum atomic E-state index is 13.7. The van der Waals surface area contributed by atoms with Gasteiger partial charge in [-0.05, 0) is 292 Å². The topological polar surface area (TPSA) is 134 Å². The number of hydrogen-bond acceptors (Lipinski definition) is 8. The molecule has 6 unspecified atom stereocenters. The van der Waals surface area contributed by atoms with Gasteiger partial charge in [0.2, 0.25) is 5.91 Å². The fraction of sp³-hybridized carbons (Fsp3) is 0.967. The van der Waals surface area contributed by atoms with Gasteiger partial charge in [-0.15, -0.1) is 0 Å². The van der Waals surface area contributed by atoms with Crippen LogP contribution in [0.15, 0.2) is 0 Å². The predicted molar refractivity (Wildman–Crippen MR) is 272 cm³/mol. The molecule has 17 rings (SSSR count). The van der Waals surface area contributed by atoms with E-state index in [0.717, 1.165) is 110 Å². The summed E-state index contributed by atoms with van der Waals surface area (Å²) in [6, 6.07) is -0.417. The van der Waals surface area contributed by atoms with E-state index in [0.29, 0.717) is 45.4 Å². The first-order valence-electron chi connectivity index (χ1n) is 30.8. The molecule has 17 fully saturated rings. The highest BCUT2D eigenvalue weighted by Crippen LogP contribution is 2.65. The third-order valence-corrected chi connectivity index (χ3v) is 24.9. The normalized spacial score (nSPS) is 48.5. The molecule has 16 bridgehead atoms. The minimum Gasteiger partial charge on any atom is -0.391 e. The molecule has 16 aliphatic carbocycles. The summed E-state index contributed by atoms with van der Waals surface area (Å²) in [7, 11) is 0. The van der Waals surface area contributed by atoms with Crippen LogP contribution in [0.2, 0.25) is 0 Å². The van der Waals surface area contributed by atoms with Crippen molar-refractivity contribution in [2.24, 2.45) is 98.6 Å². The van der Waals surface area contributed by atoms with Gasteiger partial charge in [0.25, 0.3) is 0 Å². The maximum Gasteiger partial charge on any atom is 0.224 e. The van der Waals surface area contributed by atoms with Crippen LogP contribution in [-0.2, 0) is 9.59 Å². The quantitative estimate of drug-likeness (QED) is 0.0679. The molecule has 6 atom stereocenters. The zero-order valence-electron chi connectivity index (χ0n) is 43.6. The number of Topliss-reactive ketones (excluding diaryl/α,β-unsaturated/α-hetero) is 1. The number of aliphatic hydroxyl groups excluding tert-OH is 4. The van der Waals surface area contributed by atoms with Crippen LogP contribution in [0.25, 0.3) is 0 Å². The number of piperidine rings is 1. The third-order valence-electron chi connectivity index (χ3n) is 24.9. The Kier molecular flexibility index (Phi) is 13.1. The number of amides is 1. The van der Waals surface area contributed by atoms with Crippen LogP contribution in [0.1, 0.15) is 199 Å². The number of carbonyl (C=O) groups excluding carboxylic acids is 2. The second-order valence-corrected chi connectivity index (χ2v) is 30.1. The van der Waals surface area contributed by atoms with Crippen molar-refractivity contribution in [3.8, 4) is 0 Å². The number of nitrogens with zero attached hydrogens (tertiary/aromatic N) is 2. The molecule has 0 radical (unpaired) electrons. The molecule has 1 saturated heterocycles. The van der Waals surface area contributed by atoms with Crippen LogP contribution in [0, 0.1) is 98.6 Å². The molecule has 9 heteroatoms. The lowest BCUT2D eigenvalue weighted by Gasteiger charge is -2.59. The lowest BCUT2D eigenvalue weighted by atomic mass is 9.48. The molecule has 0 spiro atoms. The van der Waals surface area contributed by atoms with Gasteiger partial charge in [-0.3, -0.25) is 19.4 Å². The first-order valence-corrected chi connectivity index (χ1v) is 30.8. The average molecular weight is 968 g/mol. The summed E-state index contributed by atoms with van der Waals surface area (Å²) < 4.78 is 0. The van der Waals surface area contributed by atoms with Gasteiger partial charge in [0, 0.05) is 38.5 Å². The first kappa shape index (κ1) is 48.5. The van der Waals surface area contributed by atoms with E-state index < -0.39 is 6.04 Å². The maximum absolute atomic E-state index is 13.7.